The molecule has 1 aliphatic rings. The van der Waals surface area contributed by atoms with Crippen LogP contribution < -0.4 is 10.0 Å². The highest BCUT2D eigenvalue weighted by molar-refractivity contribution is 7.89. The minimum absolute atomic E-state index is 0.335. The number of amides is 1. The highest BCUT2D eigenvalue weighted by Gasteiger charge is 2.39. The van der Waals surface area contributed by atoms with Gasteiger partial charge >= 0.3 is 0 Å². The average Bonchev–Trinajstić information content (AvgIpc) is 2.17. The summed E-state index contributed by atoms with van der Waals surface area (Å²) >= 11 is 0. The van der Waals surface area contributed by atoms with Gasteiger partial charge in [0, 0.05) is 0 Å². The van der Waals surface area contributed by atoms with Gasteiger partial charge in [-0.2, -0.15) is 0 Å². The van der Waals surface area contributed by atoms with Gasteiger partial charge in [0.1, 0.15) is 0 Å². The second-order valence-electron chi connectivity index (χ2n) is 4.48. The molecule has 6 heteroatoms. The van der Waals surface area contributed by atoms with E-state index < -0.39 is 15.4 Å². The fourth-order valence-corrected chi connectivity index (χ4v) is 2.80. The summed E-state index contributed by atoms with van der Waals surface area (Å²) in [5.74, 6) is -0.335. The van der Waals surface area contributed by atoms with Crippen molar-refractivity contribution in [2.45, 2.75) is 32.6 Å². The van der Waals surface area contributed by atoms with E-state index in [0.29, 0.717) is 12.8 Å². The molecule has 0 radical (unpaired) electrons. The molecule has 0 atom stereocenters. The summed E-state index contributed by atoms with van der Waals surface area (Å²) in [5.41, 5.74) is -0.497. The molecule has 0 aromatic rings. The minimum atomic E-state index is -3.45. The number of sulfonamides is 1. The van der Waals surface area contributed by atoms with E-state index in [1.165, 1.54) is 0 Å². The summed E-state index contributed by atoms with van der Waals surface area (Å²) in [4.78, 5) is 12.0. The van der Waals surface area contributed by atoms with Crippen molar-refractivity contribution in [1.82, 2.24) is 10.0 Å². The Bertz CT molecular complexity index is 340. The Morgan fingerprint density at radius 2 is 1.94 bits per heavy atom. The van der Waals surface area contributed by atoms with Crippen molar-refractivity contribution in [2.75, 3.05) is 19.3 Å². The summed E-state index contributed by atoms with van der Waals surface area (Å²) in [7, 11) is -3.45. The Morgan fingerprint density at radius 3 is 2.38 bits per heavy atom. The molecule has 1 heterocycles. The molecular weight excluding hydrogens is 228 g/mol. The number of carbonyl (C=O) groups excluding carboxylic acids is 1. The first kappa shape index (κ1) is 13.4. The molecule has 1 aliphatic heterocycles. The Kier molecular flexibility index (Phi) is 4.32. The van der Waals surface area contributed by atoms with Gasteiger partial charge in [-0.25, -0.2) is 8.42 Å². The second-order valence-corrected chi connectivity index (χ2v) is 6.23. The largest absolute Gasteiger partial charge is 0.317 e. The van der Waals surface area contributed by atoms with E-state index in [9.17, 15) is 13.2 Å². The van der Waals surface area contributed by atoms with Crippen LogP contribution in [0.25, 0.3) is 0 Å². The van der Waals surface area contributed by atoms with Crippen LogP contribution in [0, 0.1) is 5.41 Å². The van der Waals surface area contributed by atoms with Crippen LogP contribution >= 0.6 is 0 Å². The molecule has 1 fully saturated rings. The number of hydrogen-bond donors (Lipinski definition) is 2. The van der Waals surface area contributed by atoms with Gasteiger partial charge in [0.15, 0.2) is 0 Å². The molecular formula is C10H20N2O3S. The lowest BCUT2D eigenvalue weighted by molar-refractivity contribution is -0.131. The van der Waals surface area contributed by atoms with Crippen molar-refractivity contribution in [3.63, 3.8) is 0 Å². The molecule has 0 saturated carbocycles. The fraction of sp³-hybridized carbons (Fsp3) is 0.900. The maximum atomic E-state index is 12.0. The Hall–Kier alpha value is -0.620. The third-order valence-electron chi connectivity index (χ3n) is 3.05. The quantitative estimate of drug-likeness (QED) is 0.747. The molecule has 2 N–H and O–H groups in total. The molecule has 5 nitrogen and oxygen atoms in total. The van der Waals surface area contributed by atoms with E-state index in [0.717, 1.165) is 32.2 Å². The van der Waals surface area contributed by atoms with Crippen LogP contribution in [-0.4, -0.2) is 33.7 Å². The number of carbonyl (C=O) groups is 1. The molecule has 94 valence electrons. The monoisotopic (exact) mass is 248 g/mol. The zero-order valence-corrected chi connectivity index (χ0v) is 10.7. The zero-order chi connectivity index (χ0) is 12.2. The average molecular weight is 248 g/mol. The summed E-state index contributed by atoms with van der Waals surface area (Å²) in [5, 5.41) is 3.19. The Balaban J connectivity index is 2.79. The van der Waals surface area contributed by atoms with E-state index in [1.54, 1.807) is 0 Å². The lowest BCUT2D eigenvalue weighted by atomic mass is 9.75. The molecule has 1 amide bonds. The number of rotatable bonds is 4. The molecule has 1 saturated heterocycles. The van der Waals surface area contributed by atoms with E-state index >= 15 is 0 Å². The van der Waals surface area contributed by atoms with Gasteiger partial charge in [-0.05, 0) is 32.4 Å². The number of nitrogens with one attached hydrogen (secondary N) is 2. The maximum absolute atomic E-state index is 12.0. The predicted octanol–water partition coefficient (Wildman–Crippen LogP) is 0.232. The van der Waals surface area contributed by atoms with Gasteiger partial charge in [0.25, 0.3) is 0 Å². The first-order valence-electron chi connectivity index (χ1n) is 5.62. The summed E-state index contributed by atoms with van der Waals surface area (Å²) in [6.07, 6.45) is 4.07. The first-order valence-corrected chi connectivity index (χ1v) is 7.52. The Morgan fingerprint density at radius 1 is 1.38 bits per heavy atom. The standard InChI is InChI=1S/C10H20N2O3S/c1-3-4-10(5-7-11-8-6-10)9(13)12-16(2,14)15/h11H,3-8H2,1-2H3,(H,12,13). The molecule has 1 rings (SSSR count). The third-order valence-corrected chi connectivity index (χ3v) is 3.61. The van der Waals surface area contributed by atoms with Crippen molar-refractivity contribution in [1.29, 1.82) is 0 Å². The molecule has 0 aromatic carbocycles. The van der Waals surface area contributed by atoms with Crippen LogP contribution in [0.1, 0.15) is 32.6 Å². The van der Waals surface area contributed by atoms with Gasteiger partial charge in [-0.1, -0.05) is 13.3 Å². The normalized spacial score (nSPS) is 20.4. The Labute approximate surface area is 97.0 Å². The molecule has 0 bridgehead atoms. The lowest BCUT2D eigenvalue weighted by Gasteiger charge is -2.35. The molecule has 0 aliphatic carbocycles. The van der Waals surface area contributed by atoms with Gasteiger partial charge in [-0.15, -0.1) is 0 Å². The smallest absolute Gasteiger partial charge is 0.239 e. The van der Waals surface area contributed by atoms with Gasteiger partial charge < -0.3 is 5.32 Å². The fourth-order valence-electron chi connectivity index (χ4n) is 2.25. The lowest BCUT2D eigenvalue weighted by Crippen LogP contribution is -2.48. The van der Waals surface area contributed by atoms with Crippen molar-refractivity contribution < 1.29 is 13.2 Å². The van der Waals surface area contributed by atoms with Gasteiger partial charge in [0.05, 0.1) is 11.7 Å². The van der Waals surface area contributed by atoms with Crippen molar-refractivity contribution >= 4 is 15.9 Å². The van der Waals surface area contributed by atoms with E-state index in [4.69, 9.17) is 0 Å². The highest BCUT2D eigenvalue weighted by atomic mass is 32.2. The van der Waals surface area contributed by atoms with Gasteiger partial charge in [-0.3, -0.25) is 9.52 Å². The van der Waals surface area contributed by atoms with Crippen LogP contribution in [0.4, 0.5) is 0 Å². The molecule has 0 spiro atoms. The van der Waals surface area contributed by atoms with E-state index in [2.05, 4.69) is 10.0 Å². The number of hydrogen-bond acceptors (Lipinski definition) is 4. The third kappa shape index (κ3) is 3.45. The first-order chi connectivity index (χ1) is 7.40. The van der Waals surface area contributed by atoms with E-state index in [-0.39, 0.29) is 5.91 Å². The van der Waals surface area contributed by atoms with Crippen molar-refractivity contribution in [3.8, 4) is 0 Å². The summed E-state index contributed by atoms with van der Waals surface area (Å²) in [6.45, 7) is 3.56. The van der Waals surface area contributed by atoms with Crippen molar-refractivity contribution in [2.24, 2.45) is 5.41 Å². The van der Waals surface area contributed by atoms with Crippen LogP contribution in [0.2, 0.25) is 0 Å². The highest BCUT2D eigenvalue weighted by Crippen LogP contribution is 2.34. The molecule has 16 heavy (non-hydrogen) atoms. The van der Waals surface area contributed by atoms with E-state index in [1.807, 2.05) is 6.92 Å². The molecule has 0 aromatic heterocycles. The van der Waals surface area contributed by atoms with Gasteiger partial charge in [0.2, 0.25) is 15.9 Å². The van der Waals surface area contributed by atoms with Crippen LogP contribution in [0.5, 0.6) is 0 Å². The summed E-state index contributed by atoms with van der Waals surface area (Å²) in [6, 6.07) is 0. The SMILES string of the molecule is CCCC1(C(=O)NS(C)(=O)=O)CCNCC1. The topological polar surface area (TPSA) is 75.3 Å². The van der Waals surface area contributed by atoms with Crippen LogP contribution in [-0.2, 0) is 14.8 Å². The van der Waals surface area contributed by atoms with Crippen molar-refractivity contribution in [3.05, 3.63) is 0 Å². The predicted molar refractivity (Wildman–Crippen MR) is 62.4 cm³/mol. The molecule has 0 unspecified atom stereocenters. The van der Waals surface area contributed by atoms with Crippen LogP contribution in [0.3, 0.4) is 0 Å². The second kappa shape index (κ2) is 5.14. The minimum Gasteiger partial charge on any atom is -0.317 e. The summed E-state index contributed by atoms with van der Waals surface area (Å²) < 4.78 is 24.3. The zero-order valence-electron chi connectivity index (χ0n) is 9.88. The maximum Gasteiger partial charge on any atom is 0.239 e. The number of piperidine rings is 1. The van der Waals surface area contributed by atoms with Crippen LogP contribution in [0.15, 0.2) is 0 Å².